The van der Waals surface area contributed by atoms with Crippen molar-refractivity contribution in [2.75, 3.05) is 6.54 Å². The van der Waals surface area contributed by atoms with Crippen molar-refractivity contribution >= 4 is 11.0 Å². The van der Waals surface area contributed by atoms with Gasteiger partial charge >= 0.3 is 0 Å². The zero-order valence-electron chi connectivity index (χ0n) is 15.3. The van der Waals surface area contributed by atoms with Crippen molar-refractivity contribution in [3.63, 3.8) is 0 Å². The molecular formula is C21H22FN3O2. The van der Waals surface area contributed by atoms with Crippen molar-refractivity contribution in [1.82, 2.24) is 15.3 Å². The van der Waals surface area contributed by atoms with Crippen molar-refractivity contribution in [1.29, 1.82) is 0 Å². The van der Waals surface area contributed by atoms with E-state index in [4.69, 9.17) is 4.74 Å². The summed E-state index contributed by atoms with van der Waals surface area (Å²) in [6.45, 7) is 4.38. The summed E-state index contributed by atoms with van der Waals surface area (Å²) in [5, 5.41) is 14.3. The highest BCUT2D eigenvalue weighted by molar-refractivity contribution is 5.77. The molecule has 2 atom stereocenters. The van der Waals surface area contributed by atoms with Crippen LogP contribution in [0.25, 0.3) is 11.0 Å². The minimum Gasteiger partial charge on any atom is -0.485 e. The van der Waals surface area contributed by atoms with Gasteiger partial charge in [-0.2, -0.15) is 0 Å². The topological polar surface area (TPSA) is 67.3 Å². The lowest BCUT2D eigenvalue weighted by Crippen LogP contribution is -2.52. The van der Waals surface area contributed by atoms with Crippen LogP contribution in [0, 0.1) is 5.82 Å². The lowest BCUT2D eigenvalue weighted by molar-refractivity contribution is -0.0642. The molecule has 0 spiro atoms. The molecular weight excluding hydrogens is 345 g/mol. The minimum absolute atomic E-state index is 0.241. The first-order valence-corrected chi connectivity index (χ1v) is 9.03. The number of nitrogens with zero attached hydrogens (tertiary/aromatic N) is 2. The Kier molecular flexibility index (Phi) is 4.53. The summed E-state index contributed by atoms with van der Waals surface area (Å²) in [5.74, 6) is 0.466. The van der Waals surface area contributed by atoms with Crippen LogP contribution in [-0.4, -0.2) is 33.3 Å². The van der Waals surface area contributed by atoms with Crippen LogP contribution in [0.4, 0.5) is 4.39 Å². The average Bonchev–Trinajstić information content (AvgIpc) is 2.65. The van der Waals surface area contributed by atoms with Crippen LogP contribution < -0.4 is 10.1 Å². The van der Waals surface area contributed by atoms with Gasteiger partial charge in [0.2, 0.25) is 0 Å². The smallest absolute Gasteiger partial charge is 0.131 e. The van der Waals surface area contributed by atoms with Gasteiger partial charge < -0.3 is 15.2 Å². The number of aliphatic hydroxyl groups is 1. The van der Waals surface area contributed by atoms with Crippen LogP contribution in [0.15, 0.2) is 48.8 Å². The standard InChI is InChI=1S/C21H22FN3O2/c1-21(2)20(26)19(25-8-7-13-3-5-14(22)6-4-13)15-11-16-17(12-18(15)27-21)24-10-9-23-16/h3-6,9-12,19-20,25-26H,7-8H2,1-2H3/t19-,20+/m0/s1. The lowest BCUT2D eigenvalue weighted by Gasteiger charge is -2.42. The van der Waals surface area contributed by atoms with Gasteiger partial charge in [0.05, 0.1) is 17.1 Å². The summed E-state index contributed by atoms with van der Waals surface area (Å²) < 4.78 is 19.1. The van der Waals surface area contributed by atoms with Gasteiger partial charge in [-0.1, -0.05) is 12.1 Å². The highest BCUT2D eigenvalue weighted by Crippen LogP contribution is 2.41. The molecule has 0 fully saturated rings. The Morgan fingerprint density at radius 3 is 2.48 bits per heavy atom. The molecule has 0 unspecified atom stereocenters. The molecule has 0 aliphatic carbocycles. The fraction of sp³-hybridized carbons (Fsp3) is 0.333. The van der Waals surface area contributed by atoms with Crippen LogP contribution in [-0.2, 0) is 6.42 Å². The number of rotatable bonds is 4. The van der Waals surface area contributed by atoms with Gasteiger partial charge in [-0.25, -0.2) is 4.39 Å². The molecule has 4 rings (SSSR count). The average molecular weight is 367 g/mol. The van der Waals surface area contributed by atoms with Crippen LogP contribution in [0.3, 0.4) is 0 Å². The number of fused-ring (bicyclic) bond motifs is 2. The molecule has 140 valence electrons. The van der Waals surface area contributed by atoms with Crippen molar-refractivity contribution < 1.29 is 14.2 Å². The van der Waals surface area contributed by atoms with E-state index in [1.165, 1.54) is 12.1 Å². The van der Waals surface area contributed by atoms with E-state index in [2.05, 4.69) is 15.3 Å². The maximum Gasteiger partial charge on any atom is 0.131 e. The Labute approximate surface area is 157 Å². The van der Waals surface area contributed by atoms with Gasteiger partial charge in [0, 0.05) is 24.0 Å². The Morgan fingerprint density at radius 1 is 1.11 bits per heavy atom. The van der Waals surface area contributed by atoms with E-state index in [1.54, 1.807) is 24.5 Å². The largest absolute Gasteiger partial charge is 0.485 e. The summed E-state index contributed by atoms with van der Waals surface area (Å²) in [5.41, 5.74) is 2.69. The summed E-state index contributed by atoms with van der Waals surface area (Å²) in [6.07, 6.45) is 3.30. The fourth-order valence-corrected chi connectivity index (χ4v) is 3.50. The first-order valence-electron chi connectivity index (χ1n) is 9.03. The maximum atomic E-state index is 13.1. The molecule has 3 aromatic rings. The second-order valence-electron chi connectivity index (χ2n) is 7.39. The Hall–Kier alpha value is -2.57. The van der Waals surface area contributed by atoms with Crippen LogP contribution in [0.2, 0.25) is 0 Å². The second kappa shape index (κ2) is 6.87. The Bertz CT molecular complexity index is 959. The van der Waals surface area contributed by atoms with Crippen molar-refractivity contribution in [2.45, 2.75) is 38.0 Å². The molecule has 2 N–H and O–H groups in total. The number of hydrogen-bond donors (Lipinski definition) is 2. The quantitative estimate of drug-likeness (QED) is 0.741. The molecule has 2 heterocycles. The van der Waals surface area contributed by atoms with Gasteiger partial charge in [-0.15, -0.1) is 0 Å². The van der Waals surface area contributed by atoms with Crippen LogP contribution in [0.1, 0.15) is 31.0 Å². The summed E-state index contributed by atoms with van der Waals surface area (Å²) in [4.78, 5) is 8.69. The normalized spacial score (nSPS) is 20.9. The van der Waals surface area contributed by atoms with Gasteiger partial charge in [0.1, 0.15) is 23.3 Å². The fourth-order valence-electron chi connectivity index (χ4n) is 3.50. The first-order chi connectivity index (χ1) is 12.9. The molecule has 0 saturated carbocycles. The van der Waals surface area contributed by atoms with E-state index in [-0.39, 0.29) is 11.9 Å². The Morgan fingerprint density at radius 2 is 1.78 bits per heavy atom. The molecule has 0 radical (unpaired) electrons. The third-order valence-corrected chi connectivity index (χ3v) is 5.03. The molecule has 0 bridgehead atoms. The number of hydrogen-bond acceptors (Lipinski definition) is 5. The van der Waals surface area contributed by atoms with Gasteiger partial charge in [-0.3, -0.25) is 9.97 Å². The van der Waals surface area contributed by atoms with Crippen molar-refractivity contribution in [3.05, 3.63) is 65.7 Å². The molecule has 2 aromatic carbocycles. The molecule has 0 saturated heterocycles. The van der Waals surface area contributed by atoms with Crippen LogP contribution >= 0.6 is 0 Å². The predicted molar refractivity (Wildman–Crippen MR) is 101 cm³/mol. The molecule has 27 heavy (non-hydrogen) atoms. The molecule has 5 nitrogen and oxygen atoms in total. The number of benzene rings is 2. The number of ether oxygens (including phenoxy) is 1. The zero-order chi connectivity index (χ0) is 19.0. The first kappa shape index (κ1) is 17.8. The van der Waals surface area contributed by atoms with Gasteiger partial charge in [0.25, 0.3) is 0 Å². The molecule has 1 aliphatic heterocycles. The number of aromatic nitrogens is 2. The molecule has 1 aliphatic rings. The van der Waals surface area contributed by atoms with Gasteiger partial charge in [-0.05, 0) is 50.6 Å². The summed E-state index contributed by atoms with van der Waals surface area (Å²) in [7, 11) is 0. The lowest BCUT2D eigenvalue weighted by atomic mass is 9.86. The van der Waals surface area contributed by atoms with Crippen LogP contribution in [0.5, 0.6) is 5.75 Å². The predicted octanol–water partition coefficient (Wildman–Crippen LogP) is 3.17. The molecule has 6 heteroatoms. The Balaban J connectivity index is 1.60. The third kappa shape index (κ3) is 3.50. The van der Waals surface area contributed by atoms with E-state index >= 15 is 0 Å². The van der Waals surface area contributed by atoms with E-state index in [0.717, 1.165) is 28.6 Å². The second-order valence-corrected chi connectivity index (χ2v) is 7.39. The monoisotopic (exact) mass is 367 g/mol. The number of aliphatic hydroxyl groups excluding tert-OH is 1. The number of nitrogens with one attached hydrogen (secondary N) is 1. The molecule has 0 amide bonds. The van der Waals surface area contributed by atoms with E-state index in [0.29, 0.717) is 12.3 Å². The molecule has 1 aromatic heterocycles. The number of halogens is 1. The highest BCUT2D eigenvalue weighted by atomic mass is 19.1. The minimum atomic E-state index is -0.740. The zero-order valence-corrected chi connectivity index (χ0v) is 15.3. The van der Waals surface area contributed by atoms with E-state index in [1.807, 2.05) is 26.0 Å². The highest BCUT2D eigenvalue weighted by Gasteiger charge is 2.42. The van der Waals surface area contributed by atoms with Crippen molar-refractivity contribution in [3.8, 4) is 5.75 Å². The summed E-state index contributed by atoms with van der Waals surface area (Å²) in [6, 6.07) is 9.97. The SMILES string of the molecule is CC1(C)Oc2cc3nccnc3cc2[C@H](NCCc2ccc(F)cc2)[C@H]1O. The van der Waals surface area contributed by atoms with Crippen molar-refractivity contribution in [2.24, 2.45) is 0 Å². The maximum absolute atomic E-state index is 13.1. The van der Waals surface area contributed by atoms with E-state index in [9.17, 15) is 9.50 Å². The van der Waals surface area contributed by atoms with Gasteiger partial charge in [0.15, 0.2) is 0 Å². The van der Waals surface area contributed by atoms with E-state index < -0.39 is 11.7 Å². The third-order valence-electron chi connectivity index (χ3n) is 5.03. The summed E-state index contributed by atoms with van der Waals surface area (Å²) >= 11 is 0.